The molecular weight excluding hydrogens is 178 g/mol. The lowest BCUT2D eigenvalue weighted by molar-refractivity contribution is 0.112. The molecule has 0 saturated heterocycles. The maximum Gasteiger partial charge on any atom is 0.152 e. The number of hydrogen-bond acceptors (Lipinski definition) is 3. The summed E-state index contributed by atoms with van der Waals surface area (Å²) >= 11 is 0. The van der Waals surface area contributed by atoms with Crippen molar-refractivity contribution in [2.45, 2.75) is 6.92 Å². The number of pyridine rings is 1. The van der Waals surface area contributed by atoms with Crippen molar-refractivity contribution < 1.29 is 4.79 Å². The maximum absolute atomic E-state index is 10.7. The second-order valence-electron chi connectivity index (χ2n) is 2.97. The summed E-state index contributed by atoms with van der Waals surface area (Å²) in [6.07, 6.45) is 7.57. The van der Waals surface area contributed by atoms with Crippen LogP contribution in [0.15, 0.2) is 31.0 Å². The van der Waals surface area contributed by atoms with E-state index in [1.54, 1.807) is 29.4 Å². The van der Waals surface area contributed by atoms with Gasteiger partial charge in [0.25, 0.3) is 0 Å². The number of carbonyl (C=O) groups is 1. The third kappa shape index (κ3) is 1.42. The number of aldehydes is 1. The van der Waals surface area contributed by atoms with E-state index in [0.717, 1.165) is 17.7 Å². The molecule has 4 nitrogen and oxygen atoms in total. The first-order valence-corrected chi connectivity index (χ1v) is 4.21. The molecule has 0 aliphatic heterocycles. The van der Waals surface area contributed by atoms with E-state index in [4.69, 9.17) is 0 Å². The Morgan fingerprint density at radius 1 is 1.50 bits per heavy atom. The summed E-state index contributed by atoms with van der Waals surface area (Å²) in [5.74, 6) is 0. The van der Waals surface area contributed by atoms with E-state index in [1.165, 1.54) is 0 Å². The zero-order chi connectivity index (χ0) is 9.97. The van der Waals surface area contributed by atoms with Crippen LogP contribution in [-0.4, -0.2) is 20.8 Å². The first-order chi connectivity index (χ1) is 6.81. The molecule has 0 bridgehead atoms. The fourth-order valence-electron chi connectivity index (χ4n) is 1.27. The molecular formula is C10H9N3O. The van der Waals surface area contributed by atoms with Crippen molar-refractivity contribution in [1.82, 2.24) is 14.5 Å². The zero-order valence-electron chi connectivity index (χ0n) is 7.71. The second-order valence-corrected chi connectivity index (χ2v) is 2.97. The van der Waals surface area contributed by atoms with Gasteiger partial charge in [-0.05, 0) is 13.0 Å². The second kappa shape index (κ2) is 3.41. The number of imidazole rings is 1. The fraction of sp³-hybridized carbons (Fsp3) is 0.100. The minimum absolute atomic E-state index is 0.609. The molecule has 0 amide bonds. The van der Waals surface area contributed by atoms with Gasteiger partial charge in [0.1, 0.15) is 0 Å². The predicted molar refractivity (Wildman–Crippen MR) is 51.5 cm³/mol. The Bertz CT molecular complexity index is 462. The van der Waals surface area contributed by atoms with Crippen molar-refractivity contribution in [1.29, 1.82) is 0 Å². The average molecular weight is 187 g/mol. The van der Waals surface area contributed by atoms with Crippen LogP contribution in [0.25, 0.3) is 5.69 Å². The Balaban J connectivity index is 2.55. The smallest absolute Gasteiger partial charge is 0.152 e. The highest BCUT2D eigenvalue weighted by molar-refractivity contribution is 5.80. The molecule has 2 rings (SSSR count). The summed E-state index contributed by atoms with van der Waals surface area (Å²) in [5.41, 5.74) is 2.27. The van der Waals surface area contributed by atoms with E-state index in [0.29, 0.717) is 5.56 Å². The Hall–Kier alpha value is -1.97. The molecule has 0 atom stereocenters. The van der Waals surface area contributed by atoms with E-state index < -0.39 is 0 Å². The topological polar surface area (TPSA) is 47.8 Å². The molecule has 0 spiro atoms. The molecule has 70 valence electrons. The van der Waals surface area contributed by atoms with Crippen LogP contribution in [0.5, 0.6) is 0 Å². The molecule has 14 heavy (non-hydrogen) atoms. The summed E-state index contributed by atoms with van der Waals surface area (Å²) in [5, 5.41) is 0. The molecule has 0 radical (unpaired) electrons. The fourth-order valence-corrected chi connectivity index (χ4v) is 1.27. The van der Waals surface area contributed by atoms with Gasteiger partial charge in [0.15, 0.2) is 6.29 Å². The van der Waals surface area contributed by atoms with Crippen LogP contribution in [0.1, 0.15) is 16.1 Å². The summed E-state index contributed by atoms with van der Waals surface area (Å²) in [6, 6.07) is 1.68. The predicted octanol–water partition coefficient (Wildman–Crippen LogP) is 1.39. The van der Waals surface area contributed by atoms with Crippen LogP contribution in [-0.2, 0) is 0 Å². The van der Waals surface area contributed by atoms with E-state index in [1.807, 2.05) is 13.1 Å². The minimum Gasteiger partial charge on any atom is -0.304 e. The van der Waals surface area contributed by atoms with Crippen molar-refractivity contribution in [3.8, 4) is 5.69 Å². The van der Waals surface area contributed by atoms with E-state index in [-0.39, 0.29) is 0 Å². The highest BCUT2D eigenvalue weighted by Crippen LogP contribution is 2.10. The van der Waals surface area contributed by atoms with Gasteiger partial charge in [0.2, 0.25) is 0 Å². The zero-order valence-corrected chi connectivity index (χ0v) is 7.71. The van der Waals surface area contributed by atoms with Crippen molar-refractivity contribution in [3.63, 3.8) is 0 Å². The van der Waals surface area contributed by atoms with Crippen molar-refractivity contribution in [3.05, 3.63) is 42.2 Å². The Morgan fingerprint density at radius 2 is 2.36 bits per heavy atom. The van der Waals surface area contributed by atoms with Crippen LogP contribution < -0.4 is 0 Å². The van der Waals surface area contributed by atoms with Crippen LogP contribution >= 0.6 is 0 Å². The first-order valence-electron chi connectivity index (χ1n) is 4.21. The maximum atomic E-state index is 10.7. The van der Waals surface area contributed by atoms with Gasteiger partial charge < -0.3 is 4.57 Å². The van der Waals surface area contributed by atoms with E-state index >= 15 is 0 Å². The standard InChI is InChI=1S/C10H9N3O/c1-8-5-13(7-12-8)10-4-11-3-2-9(10)6-14/h2-7H,1H3. The van der Waals surface area contributed by atoms with Gasteiger partial charge in [-0.1, -0.05) is 0 Å². The number of carbonyl (C=O) groups excluding carboxylic acids is 1. The third-order valence-electron chi connectivity index (χ3n) is 1.95. The normalized spacial score (nSPS) is 10.1. The molecule has 2 aromatic rings. The SMILES string of the molecule is Cc1cn(-c2cnccc2C=O)cn1. The molecule has 0 aliphatic rings. The lowest BCUT2D eigenvalue weighted by Gasteiger charge is -2.02. The Labute approximate surface area is 81.2 Å². The van der Waals surface area contributed by atoms with Gasteiger partial charge in [-0.25, -0.2) is 4.98 Å². The number of hydrogen-bond donors (Lipinski definition) is 0. The molecule has 0 fully saturated rings. The van der Waals surface area contributed by atoms with Crippen molar-refractivity contribution in [2.75, 3.05) is 0 Å². The highest BCUT2D eigenvalue weighted by Gasteiger charge is 2.03. The largest absolute Gasteiger partial charge is 0.304 e. The molecule has 2 heterocycles. The van der Waals surface area contributed by atoms with Crippen LogP contribution in [0.3, 0.4) is 0 Å². The van der Waals surface area contributed by atoms with E-state index in [2.05, 4.69) is 9.97 Å². The lowest BCUT2D eigenvalue weighted by atomic mass is 10.2. The molecule has 0 N–H and O–H groups in total. The molecule has 0 unspecified atom stereocenters. The minimum atomic E-state index is 0.609. The van der Waals surface area contributed by atoms with Crippen LogP contribution in [0.2, 0.25) is 0 Å². The third-order valence-corrected chi connectivity index (χ3v) is 1.95. The van der Waals surface area contributed by atoms with E-state index in [9.17, 15) is 4.79 Å². The highest BCUT2D eigenvalue weighted by atomic mass is 16.1. The summed E-state index contributed by atoms with van der Waals surface area (Å²) < 4.78 is 1.78. The summed E-state index contributed by atoms with van der Waals surface area (Å²) in [6.45, 7) is 1.90. The van der Waals surface area contributed by atoms with Gasteiger partial charge in [-0.15, -0.1) is 0 Å². The van der Waals surface area contributed by atoms with Gasteiger partial charge in [0.05, 0.1) is 23.9 Å². The van der Waals surface area contributed by atoms with Crippen LogP contribution in [0, 0.1) is 6.92 Å². The van der Waals surface area contributed by atoms with Crippen molar-refractivity contribution in [2.24, 2.45) is 0 Å². The number of aromatic nitrogens is 3. The molecule has 0 aromatic carbocycles. The number of aryl methyl sites for hydroxylation is 1. The van der Waals surface area contributed by atoms with Gasteiger partial charge >= 0.3 is 0 Å². The average Bonchev–Trinajstić information content (AvgIpc) is 2.65. The van der Waals surface area contributed by atoms with Crippen molar-refractivity contribution >= 4 is 6.29 Å². The Morgan fingerprint density at radius 3 is 3.00 bits per heavy atom. The monoisotopic (exact) mass is 187 g/mol. The number of rotatable bonds is 2. The quantitative estimate of drug-likeness (QED) is 0.667. The summed E-state index contributed by atoms with van der Waals surface area (Å²) in [4.78, 5) is 18.8. The summed E-state index contributed by atoms with van der Waals surface area (Å²) in [7, 11) is 0. The number of nitrogens with zero attached hydrogens (tertiary/aromatic N) is 3. The molecule has 4 heteroatoms. The molecule has 0 aliphatic carbocycles. The molecule has 2 aromatic heterocycles. The van der Waals surface area contributed by atoms with Gasteiger partial charge in [-0.3, -0.25) is 9.78 Å². The van der Waals surface area contributed by atoms with Gasteiger partial charge in [0, 0.05) is 18.0 Å². The van der Waals surface area contributed by atoms with Gasteiger partial charge in [-0.2, -0.15) is 0 Å². The first kappa shape index (κ1) is 8.62. The molecule has 0 saturated carbocycles. The Kier molecular flexibility index (Phi) is 2.10. The lowest BCUT2D eigenvalue weighted by Crippen LogP contribution is -1.96. The van der Waals surface area contributed by atoms with Crippen LogP contribution in [0.4, 0.5) is 0 Å².